The maximum absolute atomic E-state index is 2.33. The second-order valence-corrected chi connectivity index (χ2v) is 6.33. The Labute approximate surface area is 102 Å². The number of rotatable bonds is 7. The van der Waals surface area contributed by atoms with E-state index in [2.05, 4.69) is 6.92 Å². The highest BCUT2D eigenvalue weighted by molar-refractivity contribution is 4.83. The molecular weight excluding hydrogens is 192 g/mol. The standard InChI is InChI=1S/C16H30/c1-2-3-5-10-16(15-11-12-15)13-14-8-6-4-7-9-14/h14-16H,2-13H2,1H3. The Hall–Kier alpha value is 0. The van der Waals surface area contributed by atoms with Crippen LogP contribution in [0.25, 0.3) is 0 Å². The molecule has 0 radical (unpaired) electrons. The van der Waals surface area contributed by atoms with E-state index in [0.717, 1.165) is 17.8 Å². The largest absolute Gasteiger partial charge is 0.0654 e. The average Bonchev–Trinajstić information content (AvgIpc) is 3.13. The van der Waals surface area contributed by atoms with Gasteiger partial charge in [-0.25, -0.2) is 0 Å². The molecule has 0 spiro atoms. The van der Waals surface area contributed by atoms with Crippen LogP contribution in [0.1, 0.15) is 84.0 Å². The summed E-state index contributed by atoms with van der Waals surface area (Å²) in [7, 11) is 0. The lowest BCUT2D eigenvalue weighted by Crippen LogP contribution is -2.14. The topological polar surface area (TPSA) is 0 Å². The van der Waals surface area contributed by atoms with Gasteiger partial charge in [0.15, 0.2) is 0 Å². The van der Waals surface area contributed by atoms with Gasteiger partial charge in [-0.3, -0.25) is 0 Å². The molecule has 2 aliphatic rings. The summed E-state index contributed by atoms with van der Waals surface area (Å²) in [4.78, 5) is 0. The monoisotopic (exact) mass is 222 g/mol. The highest BCUT2D eigenvalue weighted by Gasteiger charge is 2.32. The van der Waals surface area contributed by atoms with Gasteiger partial charge in [0.05, 0.1) is 0 Å². The molecule has 1 atom stereocenters. The molecule has 0 saturated heterocycles. The van der Waals surface area contributed by atoms with E-state index in [0.29, 0.717) is 0 Å². The Morgan fingerprint density at radius 1 is 0.938 bits per heavy atom. The van der Waals surface area contributed by atoms with E-state index >= 15 is 0 Å². The fourth-order valence-corrected chi connectivity index (χ4v) is 3.62. The maximum Gasteiger partial charge on any atom is -0.0383 e. The molecule has 94 valence electrons. The van der Waals surface area contributed by atoms with Crippen LogP contribution in [-0.4, -0.2) is 0 Å². The van der Waals surface area contributed by atoms with Crippen molar-refractivity contribution < 1.29 is 0 Å². The normalized spacial score (nSPS) is 24.6. The van der Waals surface area contributed by atoms with Gasteiger partial charge in [-0.05, 0) is 37.0 Å². The first-order valence-corrected chi connectivity index (χ1v) is 7.90. The fourth-order valence-electron chi connectivity index (χ4n) is 3.62. The van der Waals surface area contributed by atoms with E-state index in [1.54, 1.807) is 38.5 Å². The summed E-state index contributed by atoms with van der Waals surface area (Å²) < 4.78 is 0. The number of hydrogen-bond donors (Lipinski definition) is 0. The highest BCUT2D eigenvalue weighted by atomic mass is 14.4. The summed E-state index contributed by atoms with van der Waals surface area (Å²) in [6.07, 6.45) is 18.3. The third-order valence-electron chi connectivity index (χ3n) is 4.83. The molecule has 0 aromatic carbocycles. The van der Waals surface area contributed by atoms with Gasteiger partial charge in [0.25, 0.3) is 0 Å². The Kier molecular flexibility index (Phi) is 5.19. The first-order valence-electron chi connectivity index (χ1n) is 7.90. The smallest absolute Gasteiger partial charge is 0.0383 e. The van der Waals surface area contributed by atoms with Crippen molar-refractivity contribution in [1.82, 2.24) is 0 Å². The predicted octanol–water partition coefficient (Wildman–Crippen LogP) is 5.56. The molecule has 1 unspecified atom stereocenters. The molecule has 0 N–H and O–H groups in total. The molecule has 2 aliphatic carbocycles. The van der Waals surface area contributed by atoms with Crippen LogP contribution in [0, 0.1) is 17.8 Å². The van der Waals surface area contributed by atoms with Crippen molar-refractivity contribution in [3.63, 3.8) is 0 Å². The van der Waals surface area contributed by atoms with Crippen molar-refractivity contribution in [1.29, 1.82) is 0 Å². The molecule has 0 nitrogen and oxygen atoms in total. The second kappa shape index (κ2) is 6.67. The minimum atomic E-state index is 1.11. The first kappa shape index (κ1) is 12.5. The SMILES string of the molecule is CCCCCC(CC1CCCCC1)C1CC1. The zero-order chi connectivity index (χ0) is 11.2. The Morgan fingerprint density at radius 2 is 1.69 bits per heavy atom. The predicted molar refractivity (Wildman–Crippen MR) is 71.5 cm³/mol. The summed E-state index contributed by atoms with van der Waals surface area (Å²) in [6, 6.07) is 0. The molecule has 0 aromatic rings. The van der Waals surface area contributed by atoms with Gasteiger partial charge in [0.2, 0.25) is 0 Å². The zero-order valence-electron chi connectivity index (χ0n) is 11.2. The number of hydrogen-bond acceptors (Lipinski definition) is 0. The maximum atomic E-state index is 2.33. The van der Waals surface area contributed by atoms with E-state index in [-0.39, 0.29) is 0 Å². The average molecular weight is 222 g/mol. The van der Waals surface area contributed by atoms with Gasteiger partial charge < -0.3 is 0 Å². The minimum absolute atomic E-state index is 1.11. The Bertz CT molecular complexity index is 174. The summed E-state index contributed by atoms with van der Waals surface area (Å²) in [5.41, 5.74) is 0. The van der Waals surface area contributed by atoms with Crippen LogP contribution in [0.15, 0.2) is 0 Å². The molecule has 2 rings (SSSR count). The molecule has 0 aromatic heterocycles. The molecular formula is C16H30. The molecule has 16 heavy (non-hydrogen) atoms. The zero-order valence-corrected chi connectivity index (χ0v) is 11.2. The molecule has 0 aliphatic heterocycles. The first-order chi connectivity index (χ1) is 7.90. The van der Waals surface area contributed by atoms with E-state index in [9.17, 15) is 0 Å². The van der Waals surface area contributed by atoms with Gasteiger partial charge in [-0.1, -0.05) is 64.7 Å². The van der Waals surface area contributed by atoms with Crippen molar-refractivity contribution in [2.24, 2.45) is 17.8 Å². The lowest BCUT2D eigenvalue weighted by Gasteiger charge is -2.26. The fraction of sp³-hybridized carbons (Fsp3) is 1.00. The highest BCUT2D eigenvalue weighted by Crippen LogP contribution is 2.44. The van der Waals surface area contributed by atoms with Gasteiger partial charge in [-0.15, -0.1) is 0 Å². The summed E-state index contributed by atoms with van der Waals surface area (Å²) in [5, 5.41) is 0. The lowest BCUT2D eigenvalue weighted by atomic mass is 9.79. The molecule has 2 saturated carbocycles. The minimum Gasteiger partial charge on any atom is -0.0654 e. The van der Waals surface area contributed by atoms with E-state index in [4.69, 9.17) is 0 Å². The van der Waals surface area contributed by atoms with Crippen LogP contribution in [-0.2, 0) is 0 Å². The van der Waals surface area contributed by atoms with Crippen molar-refractivity contribution in [2.75, 3.05) is 0 Å². The molecule has 0 bridgehead atoms. The van der Waals surface area contributed by atoms with Crippen LogP contribution in [0.4, 0.5) is 0 Å². The van der Waals surface area contributed by atoms with Crippen LogP contribution in [0.5, 0.6) is 0 Å². The second-order valence-electron chi connectivity index (χ2n) is 6.33. The van der Waals surface area contributed by atoms with Gasteiger partial charge >= 0.3 is 0 Å². The van der Waals surface area contributed by atoms with Crippen molar-refractivity contribution in [3.8, 4) is 0 Å². The van der Waals surface area contributed by atoms with Crippen LogP contribution in [0.2, 0.25) is 0 Å². The summed E-state index contributed by atoms with van der Waals surface area (Å²) in [6.45, 7) is 2.33. The molecule has 0 heterocycles. The van der Waals surface area contributed by atoms with Crippen LogP contribution in [0.3, 0.4) is 0 Å². The van der Waals surface area contributed by atoms with Crippen molar-refractivity contribution >= 4 is 0 Å². The van der Waals surface area contributed by atoms with Gasteiger partial charge in [0.1, 0.15) is 0 Å². The molecule has 0 heteroatoms. The van der Waals surface area contributed by atoms with E-state index in [1.807, 2.05) is 0 Å². The van der Waals surface area contributed by atoms with E-state index < -0.39 is 0 Å². The van der Waals surface area contributed by atoms with E-state index in [1.165, 1.54) is 38.5 Å². The third kappa shape index (κ3) is 4.11. The summed E-state index contributed by atoms with van der Waals surface area (Å²) in [5.74, 6) is 3.38. The van der Waals surface area contributed by atoms with Crippen LogP contribution >= 0.6 is 0 Å². The number of unbranched alkanes of at least 4 members (excludes halogenated alkanes) is 2. The van der Waals surface area contributed by atoms with Crippen LogP contribution < -0.4 is 0 Å². The Morgan fingerprint density at radius 3 is 2.31 bits per heavy atom. The lowest BCUT2D eigenvalue weighted by molar-refractivity contribution is 0.257. The van der Waals surface area contributed by atoms with Crippen molar-refractivity contribution in [3.05, 3.63) is 0 Å². The Balaban J connectivity index is 1.68. The molecule has 0 amide bonds. The van der Waals surface area contributed by atoms with Gasteiger partial charge in [-0.2, -0.15) is 0 Å². The van der Waals surface area contributed by atoms with Crippen molar-refractivity contribution in [2.45, 2.75) is 84.0 Å². The quantitative estimate of drug-likeness (QED) is 0.494. The molecule has 2 fully saturated rings. The third-order valence-corrected chi connectivity index (χ3v) is 4.83. The summed E-state index contributed by atoms with van der Waals surface area (Å²) >= 11 is 0. The van der Waals surface area contributed by atoms with Gasteiger partial charge in [0, 0.05) is 0 Å².